The number of amides is 2. The summed E-state index contributed by atoms with van der Waals surface area (Å²) in [7, 11) is -1.63. The molecule has 0 aliphatic carbocycles. The molecule has 0 saturated carbocycles. The maximum absolute atomic E-state index is 14.9. The highest BCUT2D eigenvalue weighted by Crippen LogP contribution is 2.24. The van der Waals surface area contributed by atoms with E-state index in [2.05, 4.69) is 5.32 Å². The first kappa shape index (κ1) is 31.8. The van der Waals surface area contributed by atoms with Crippen LogP contribution in [0.25, 0.3) is 0 Å². The van der Waals surface area contributed by atoms with Gasteiger partial charge in [-0.3, -0.25) is 9.59 Å². The first-order chi connectivity index (χ1) is 19.5. The van der Waals surface area contributed by atoms with Crippen LogP contribution in [-0.2, 0) is 32.8 Å². The van der Waals surface area contributed by atoms with Crippen LogP contribution in [0.1, 0.15) is 36.5 Å². The summed E-state index contributed by atoms with van der Waals surface area (Å²) in [4.78, 5) is 29.2. The molecule has 0 fully saturated rings. The third-order valence-electron chi connectivity index (χ3n) is 6.68. The summed E-state index contributed by atoms with van der Waals surface area (Å²) in [5, 5.41) is 2.95. The first-order valence-electron chi connectivity index (χ1n) is 13.7. The van der Waals surface area contributed by atoms with Crippen molar-refractivity contribution in [2.45, 2.75) is 45.7 Å². The zero-order valence-corrected chi connectivity index (χ0v) is 24.9. The lowest BCUT2D eigenvalue weighted by molar-refractivity contribution is -0.140. The molecule has 3 rings (SSSR count). The normalized spacial score (nSPS) is 12.1. The highest BCUT2D eigenvalue weighted by atomic mass is 32.2. The van der Waals surface area contributed by atoms with Crippen LogP contribution in [0.4, 0.5) is 10.1 Å². The number of hydrogen-bond acceptors (Lipinski definition) is 4. The zero-order valence-electron chi connectivity index (χ0n) is 24.1. The Kier molecular flexibility index (Phi) is 11.4. The van der Waals surface area contributed by atoms with Gasteiger partial charge in [0.15, 0.2) is 0 Å². The van der Waals surface area contributed by atoms with E-state index in [0.29, 0.717) is 6.54 Å². The van der Waals surface area contributed by atoms with E-state index in [0.717, 1.165) is 44.2 Å². The fourth-order valence-corrected chi connectivity index (χ4v) is 5.49. The van der Waals surface area contributed by atoms with Crippen molar-refractivity contribution in [3.8, 4) is 0 Å². The van der Waals surface area contributed by atoms with Gasteiger partial charge < -0.3 is 10.2 Å². The molecule has 41 heavy (non-hydrogen) atoms. The van der Waals surface area contributed by atoms with Crippen molar-refractivity contribution in [2.24, 2.45) is 0 Å². The van der Waals surface area contributed by atoms with Crippen molar-refractivity contribution < 1.29 is 22.4 Å². The second kappa shape index (κ2) is 14.7. The number of para-hydroxylation sites is 1. The summed E-state index contributed by atoms with van der Waals surface area (Å²) < 4.78 is 43.3. The largest absolute Gasteiger partial charge is 0.354 e. The SMILES string of the molecule is CCCCNC(=O)C(Cc1ccccc1)N(Cc1cccc(C)c1)C(=O)CN(c1ccccc1F)S(=O)(=O)N(C)C. The number of rotatable bonds is 14. The Morgan fingerprint density at radius 3 is 2.22 bits per heavy atom. The van der Waals surface area contributed by atoms with E-state index in [1.165, 1.54) is 37.2 Å². The van der Waals surface area contributed by atoms with Gasteiger partial charge in [-0.1, -0.05) is 85.6 Å². The zero-order chi connectivity index (χ0) is 30.0. The summed E-state index contributed by atoms with van der Waals surface area (Å²) in [6, 6.07) is 21.4. The third kappa shape index (κ3) is 8.61. The van der Waals surface area contributed by atoms with Gasteiger partial charge in [-0.15, -0.1) is 0 Å². The minimum absolute atomic E-state index is 0.0618. The van der Waals surface area contributed by atoms with Crippen molar-refractivity contribution in [3.05, 3.63) is 101 Å². The molecule has 0 heterocycles. The van der Waals surface area contributed by atoms with Crippen molar-refractivity contribution >= 4 is 27.7 Å². The molecule has 0 spiro atoms. The van der Waals surface area contributed by atoms with Gasteiger partial charge in [-0.05, 0) is 36.6 Å². The summed E-state index contributed by atoms with van der Waals surface area (Å²) in [5.74, 6) is -1.75. The van der Waals surface area contributed by atoms with Crippen LogP contribution in [0.5, 0.6) is 0 Å². The number of halogens is 1. The Balaban J connectivity index is 2.08. The average Bonchev–Trinajstić information content (AvgIpc) is 2.94. The van der Waals surface area contributed by atoms with Gasteiger partial charge in [-0.2, -0.15) is 12.7 Å². The highest BCUT2D eigenvalue weighted by Gasteiger charge is 2.35. The monoisotopic (exact) mass is 582 g/mol. The Hall–Kier alpha value is -3.76. The Morgan fingerprint density at radius 2 is 1.59 bits per heavy atom. The molecule has 220 valence electrons. The van der Waals surface area contributed by atoms with Gasteiger partial charge in [0.1, 0.15) is 18.4 Å². The number of aryl methyl sites for hydroxylation is 1. The average molecular weight is 583 g/mol. The standard InChI is InChI=1S/C31H39FN4O4S/c1-5-6-19-33-31(38)29(21-25-14-8-7-9-15-25)35(22-26-16-12-13-24(2)20-26)30(37)23-36(41(39,40)34(3)4)28-18-11-10-17-27(28)32/h7-18,20,29H,5-6,19,21-23H2,1-4H3,(H,33,38). The summed E-state index contributed by atoms with van der Waals surface area (Å²) >= 11 is 0. The number of carbonyl (C=O) groups is 2. The second-order valence-electron chi connectivity index (χ2n) is 10.1. The van der Waals surface area contributed by atoms with Gasteiger partial charge in [0.05, 0.1) is 5.69 Å². The van der Waals surface area contributed by atoms with E-state index in [4.69, 9.17) is 0 Å². The third-order valence-corrected chi connectivity index (χ3v) is 8.48. The van der Waals surface area contributed by atoms with Crippen molar-refractivity contribution in [2.75, 3.05) is 31.5 Å². The predicted molar refractivity (Wildman–Crippen MR) is 160 cm³/mol. The maximum Gasteiger partial charge on any atom is 0.304 e. The van der Waals surface area contributed by atoms with Gasteiger partial charge in [0, 0.05) is 33.6 Å². The summed E-state index contributed by atoms with van der Waals surface area (Å²) in [6.07, 6.45) is 1.88. The highest BCUT2D eigenvalue weighted by molar-refractivity contribution is 7.90. The van der Waals surface area contributed by atoms with Crippen molar-refractivity contribution in [3.63, 3.8) is 0 Å². The number of hydrogen-bond donors (Lipinski definition) is 1. The molecule has 2 amide bonds. The molecule has 0 bridgehead atoms. The van der Waals surface area contributed by atoms with Gasteiger partial charge in [-0.25, -0.2) is 8.70 Å². The molecule has 8 nitrogen and oxygen atoms in total. The van der Waals surface area contributed by atoms with Crippen LogP contribution in [-0.4, -0.2) is 62.7 Å². The van der Waals surface area contributed by atoms with Crippen LogP contribution in [0.15, 0.2) is 78.9 Å². The van der Waals surface area contributed by atoms with Gasteiger partial charge in [0.2, 0.25) is 11.8 Å². The topological polar surface area (TPSA) is 90.0 Å². The van der Waals surface area contributed by atoms with Crippen LogP contribution >= 0.6 is 0 Å². The van der Waals surface area contributed by atoms with Crippen LogP contribution < -0.4 is 9.62 Å². The predicted octanol–water partition coefficient (Wildman–Crippen LogP) is 4.30. The molecule has 3 aromatic carbocycles. The molecule has 3 aromatic rings. The number of unbranched alkanes of at least 4 members (excludes halogenated alkanes) is 1. The summed E-state index contributed by atoms with van der Waals surface area (Å²) in [6.45, 7) is 3.76. The van der Waals surface area contributed by atoms with Gasteiger partial charge in [0.25, 0.3) is 0 Å². The fraction of sp³-hybridized carbons (Fsp3) is 0.355. The smallest absolute Gasteiger partial charge is 0.304 e. The lowest BCUT2D eigenvalue weighted by Crippen LogP contribution is -2.54. The molecular formula is C31H39FN4O4S. The minimum atomic E-state index is -4.27. The van der Waals surface area contributed by atoms with E-state index >= 15 is 0 Å². The summed E-state index contributed by atoms with van der Waals surface area (Å²) in [5.41, 5.74) is 2.35. The molecule has 0 radical (unpaired) electrons. The molecule has 10 heteroatoms. The lowest BCUT2D eigenvalue weighted by atomic mass is 10.0. The quantitative estimate of drug-likeness (QED) is 0.287. The molecule has 0 aliphatic heterocycles. The molecule has 0 aromatic heterocycles. The lowest BCUT2D eigenvalue weighted by Gasteiger charge is -2.34. The molecule has 0 saturated heterocycles. The van der Waals surface area contributed by atoms with E-state index < -0.39 is 34.5 Å². The van der Waals surface area contributed by atoms with Crippen molar-refractivity contribution in [1.82, 2.24) is 14.5 Å². The molecule has 0 aliphatic rings. The Morgan fingerprint density at radius 1 is 0.927 bits per heavy atom. The number of nitrogens with zero attached hydrogens (tertiary/aromatic N) is 3. The fourth-order valence-electron chi connectivity index (χ4n) is 4.42. The van der Waals surface area contributed by atoms with Crippen molar-refractivity contribution in [1.29, 1.82) is 0 Å². The molecule has 1 atom stereocenters. The molecular weight excluding hydrogens is 543 g/mol. The number of carbonyl (C=O) groups excluding carboxylic acids is 2. The van der Waals surface area contributed by atoms with E-state index in [1.807, 2.05) is 68.4 Å². The van der Waals surface area contributed by atoms with E-state index in [9.17, 15) is 22.4 Å². The maximum atomic E-state index is 14.9. The van der Waals surface area contributed by atoms with E-state index in [-0.39, 0.29) is 24.6 Å². The van der Waals surface area contributed by atoms with Crippen LogP contribution in [0.2, 0.25) is 0 Å². The number of benzene rings is 3. The number of anilines is 1. The Bertz CT molecular complexity index is 1420. The molecule has 1 N–H and O–H groups in total. The van der Waals surface area contributed by atoms with E-state index in [1.54, 1.807) is 0 Å². The Labute approximate surface area is 243 Å². The van der Waals surface area contributed by atoms with Crippen LogP contribution in [0, 0.1) is 12.7 Å². The van der Waals surface area contributed by atoms with Gasteiger partial charge >= 0.3 is 10.2 Å². The molecule has 1 unspecified atom stereocenters. The van der Waals surface area contributed by atoms with Crippen LogP contribution in [0.3, 0.4) is 0 Å². The minimum Gasteiger partial charge on any atom is -0.354 e. The second-order valence-corrected chi connectivity index (χ2v) is 12.2. The number of nitrogens with one attached hydrogen (secondary N) is 1. The first-order valence-corrected chi connectivity index (χ1v) is 15.1.